The number of carbonyl (C=O) groups is 2. The first-order valence-electron chi connectivity index (χ1n) is 7.29. The van der Waals surface area contributed by atoms with Crippen molar-refractivity contribution in [1.82, 2.24) is 4.98 Å². The lowest BCUT2D eigenvalue weighted by molar-refractivity contribution is -0.192. The van der Waals surface area contributed by atoms with E-state index in [1.807, 2.05) is 36.5 Å². The normalized spacial score (nSPS) is 10.8. The number of carbonyl (C=O) groups excluding carboxylic acids is 1. The highest BCUT2D eigenvalue weighted by molar-refractivity contribution is 6.00. The van der Waals surface area contributed by atoms with Crippen LogP contribution in [0.25, 0.3) is 22.0 Å². The second-order valence-corrected chi connectivity index (χ2v) is 5.12. The summed E-state index contributed by atoms with van der Waals surface area (Å²) in [5.41, 5.74) is 3.77. The molecule has 2 N–H and O–H groups in total. The average molecular weight is 365 g/mol. The molecule has 0 saturated heterocycles. The van der Waals surface area contributed by atoms with E-state index in [1.54, 1.807) is 6.07 Å². The molecule has 1 heterocycles. The molecule has 8 heteroatoms. The zero-order valence-electron chi connectivity index (χ0n) is 13.5. The standard InChI is InChI=1S/C16H13NO2.C2HF3O2/c1-19-16(18)12-7-8-13-14(10-17-15(13)9-12)11-5-3-2-4-6-11;3-2(4,5)1(6)7/h2-10,17H,1H3;(H,6,7). The number of H-pyrrole nitrogens is 1. The molecule has 26 heavy (non-hydrogen) atoms. The number of aromatic nitrogens is 1. The fourth-order valence-corrected chi connectivity index (χ4v) is 2.23. The Hall–Kier alpha value is -3.29. The van der Waals surface area contributed by atoms with E-state index in [2.05, 4.69) is 17.1 Å². The number of rotatable bonds is 2. The average Bonchev–Trinajstić information content (AvgIpc) is 3.04. The molecule has 3 aromatic rings. The van der Waals surface area contributed by atoms with Gasteiger partial charge in [-0.15, -0.1) is 0 Å². The molecule has 0 aliphatic carbocycles. The molecule has 136 valence electrons. The van der Waals surface area contributed by atoms with Gasteiger partial charge in [0.25, 0.3) is 0 Å². The fraction of sp³-hybridized carbons (Fsp3) is 0.111. The molecule has 0 unspecified atom stereocenters. The Bertz CT molecular complexity index is 917. The van der Waals surface area contributed by atoms with Gasteiger partial charge in [0.1, 0.15) is 0 Å². The molecule has 0 aliphatic heterocycles. The lowest BCUT2D eigenvalue weighted by Crippen LogP contribution is -2.21. The highest BCUT2D eigenvalue weighted by atomic mass is 19.4. The molecular weight excluding hydrogens is 351 g/mol. The molecule has 0 aliphatic rings. The van der Waals surface area contributed by atoms with E-state index in [9.17, 15) is 18.0 Å². The van der Waals surface area contributed by atoms with E-state index < -0.39 is 12.1 Å². The summed E-state index contributed by atoms with van der Waals surface area (Å²) in [6, 6.07) is 15.7. The maximum absolute atomic E-state index is 11.5. The highest BCUT2D eigenvalue weighted by Crippen LogP contribution is 2.29. The van der Waals surface area contributed by atoms with E-state index >= 15 is 0 Å². The third-order valence-electron chi connectivity index (χ3n) is 3.43. The van der Waals surface area contributed by atoms with Crippen molar-refractivity contribution in [1.29, 1.82) is 0 Å². The summed E-state index contributed by atoms with van der Waals surface area (Å²) in [6.45, 7) is 0. The van der Waals surface area contributed by atoms with Gasteiger partial charge in [-0.2, -0.15) is 13.2 Å². The van der Waals surface area contributed by atoms with E-state index in [1.165, 1.54) is 7.11 Å². The second-order valence-electron chi connectivity index (χ2n) is 5.12. The SMILES string of the molecule is COC(=O)c1ccc2c(-c3ccccc3)c[nH]c2c1.O=C(O)C(F)(F)F. The number of hydrogen-bond acceptors (Lipinski definition) is 3. The van der Waals surface area contributed by atoms with E-state index in [0.717, 1.165) is 22.0 Å². The van der Waals surface area contributed by atoms with Gasteiger partial charge >= 0.3 is 18.1 Å². The molecular formula is C18H14F3NO4. The maximum atomic E-state index is 11.5. The number of ether oxygens (including phenoxy) is 1. The van der Waals surface area contributed by atoms with Gasteiger partial charge in [0, 0.05) is 22.7 Å². The number of carboxylic acid groups (broad SMARTS) is 1. The van der Waals surface area contributed by atoms with Gasteiger partial charge in [0.2, 0.25) is 0 Å². The van der Waals surface area contributed by atoms with Crippen molar-refractivity contribution in [2.24, 2.45) is 0 Å². The van der Waals surface area contributed by atoms with Gasteiger partial charge in [-0.25, -0.2) is 9.59 Å². The van der Waals surface area contributed by atoms with Crippen molar-refractivity contribution in [3.63, 3.8) is 0 Å². The molecule has 0 spiro atoms. The molecule has 5 nitrogen and oxygen atoms in total. The third-order valence-corrected chi connectivity index (χ3v) is 3.43. The Labute approximate surface area is 146 Å². The Morgan fingerprint density at radius 3 is 2.23 bits per heavy atom. The third kappa shape index (κ3) is 4.41. The van der Waals surface area contributed by atoms with Crippen LogP contribution < -0.4 is 0 Å². The summed E-state index contributed by atoms with van der Waals surface area (Å²) in [4.78, 5) is 23.6. The molecule has 2 aromatic carbocycles. The van der Waals surface area contributed by atoms with Crippen LogP contribution in [0.3, 0.4) is 0 Å². The zero-order valence-corrected chi connectivity index (χ0v) is 13.5. The van der Waals surface area contributed by atoms with Crippen LogP contribution in [0, 0.1) is 0 Å². The number of alkyl halides is 3. The van der Waals surface area contributed by atoms with Crippen LogP contribution in [-0.4, -0.2) is 35.3 Å². The number of benzene rings is 2. The van der Waals surface area contributed by atoms with E-state index in [0.29, 0.717) is 5.56 Å². The molecule has 0 atom stereocenters. The van der Waals surface area contributed by atoms with Crippen LogP contribution in [0.4, 0.5) is 13.2 Å². The molecule has 0 fully saturated rings. The van der Waals surface area contributed by atoms with Crippen LogP contribution >= 0.6 is 0 Å². The monoisotopic (exact) mass is 365 g/mol. The molecule has 3 rings (SSSR count). The van der Waals surface area contributed by atoms with Crippen molar-refractivity contribution in [3.05, 3.63) is 60.3 Å². The van der Waals surface area contributed by atoms with Crippen molar-refractivity contribution in [3.8, 4) is 11.1 Å². The van der Waals surface area contributed by atoms with Crippen LogP contribution in [-0.2, 0) is 9.53 Å². The van der Waals surface area contributed by atoms with Gasteiger partial charge in [-0.1, -0.05) is 36.4 Å². The molecule has 1 aromatic heterocycles. The fourth-order valence-electron chi connectivity index (χ4n) is 2.23. The van der Waals surface area contributed by atoms with Crippen molar-refractivity contribution < 1.29 is 32.6 Å². The molecule has 0 amide bonds. The van der Waals surface area contributed by atoms with Crippen molar-refractivity contribution in [2.45, 2.75) is 6.18 Å². The number of halogens is 3. The first kappa shape index (κ1) is 19.0. The van der Waals surface area contributed by atoms with Crippen LogP contribution in [0.2, 0.25) is 0 Å². The predicted octanol–water partition coefficient (Wildman–Crippen LogP) is 4.25. The minimum Gasteiger partial charge on any atom is -0.475 e. The number of fused-ring (bicyclic) bond motifs is 1. The summed E-state index contributed by atoms with van der Waals surface area (Å²) in [5.74, 6) is -3.08. The smallest absolute Gasteiger partial charge is 0.475 e. The lowest BCUT2D eigenvalue weighted by Gasteiger charge is -2.01. The minimum absolute atomic E-state index is 0.322. The first-order valence-corrected chi connectivity index (χ1v) is 7.29. The maximum Gasteiger partial charge on any atom is 0.490 e. The highest BCUT2D eigenvalue weighted by Gasteiger charge is 2.38. The number of esters is 1. The van der Waals surface area contributed by atoms with Crippen molar-refractivity contribution in [2.75, 3.05) is 7.11 Å². The number of aromatic amines is 1. The lowest BCUT2D eigenvalue weighted by atomic mass is 10.0. The van der Waals surface area contributed by atoms with Gasteiger partial charge in [0.05, 0.1) is 12.7 Å². The summed E-state index contributed by atoms with van der Waals surface area (Å²) in [5, 5.41) is 8.22. The zero-order chi connectivity index (χ0) is 19.3. The largest absolute Gasteiger partial charge is 0.490 e. The molecule has 0 bridgehead atoms. The van der Waals surface area contributed by atoms with Crippen LogP contribution in [0.1, 0.15) is 10.4 Å². The van der Waals surface area contributed by atoms with Gasteiger partial charge in [0.15, 0.2) is 0 Å². The summed E-state index contributed by atoms with van der Waals surface area (Å²) in [7, 11) is 1.39. The first-order chi connectivity index (χ1) is 12.2. The van der Waals surface area contributed by atoms with Crippen LogP contribution in [0.5, 0.6) is 0 Å². The van der Waals surface area contributed by atoms with Crippen LogP contribution in [0.15, 0.2) is 54.7 Å². The Kier molecular flexibility index (Phi) is 5.66. The predicted molar refractivity (Wildman–Crippen MR) is 88.8 cm³/mol. The van der Waals surface area contributed by atoms with E-state index in [-0.39, 0.29) is 5.97 Å². The summed E-state index contributed by atoms with van der Waals surface area (Å²) < 4.78 is 36.5. The molecule has 0 saturated carbocycles. The number of carboxylic acids is 1. The minimum atomic E-state index is -5.08. The van der Waals surface area contributed by atoms with Gasteiger partial charge < -0.3 is 14.8 Å². The number of methoxy groups -OCH3 is 1. The van der Waals surface area contributed by atoms with E-state index in [4.69, 9.17) is 14.6 Å². The summed E-state index contributed by atoms with van der Waals surface area (Å²) >= 11 is 0. The number of hydrogen-bond donors (Lipinski definition) is 2. The Morgan fingerprint density at radius 1 is 1.08 bits per heavy atom. The van der Waals surface area contributed by atoms with Gasteiger partial charge in [-0.3, -0.25) is 0 Å². The quantitative estimate of drug-likeness (QED) is 0.665. The topological polar surface area (TPSA) is 79.4 Å². The number of nitrogens with one attached hydrogen (secondary N) is 1. The second kappa shape index (κ2) is 7.73. The van der Waals surface area contributed by atoms with Gasteiger partial charge in [-0.05, 0) is 17.7 Å². The summed E-state index contributed by atoms with van der Waals surface area (Å²) in [6.07, 6.45) is -3.12. The van der Waals surface area contributed by atoms with Crippen molar-refractivity contribution >= 4 is 22.8 Å². The Balaban J connectivity index is 0.000000298. The number of aliphatic carboxylic acids is 1. The molecule has 0 radical (unpaired) electrons. The Morgan fingerprint density at radius 2 is 1.69 bits per heavy atom.